The summed E-state index contributed by atoms with van der Waals surface area (Å²) in [6, 6.07) is 8.99. The summed E-state index contributed by atoms with van der Waals surface area (Å²) >= 11 is 1.32. The molecule has 1 N–H and O–H groups in total. The highest BCUT2D eigenvalue weighted by Crippen LogP contribution is 2.42. The standard InChI is InChI=1S/C19H15NO5S/c1-10-5-12(7-16-18(10)25-9-24-16)17-14(8-26-20-17)11-3-4-15(23-2)13(6-11)19(21)22/h3-8H,9H2,1-2H3,(H,21,22). The second kappa shape index (κ2) is 6.34. The Morgan fingerprint density at radius 1 is 1.23 bits per heavy atom. The lowest BCUT2D eigenvalue weighted by atomic mass is 9.98. The van der Waals surface area contributed by atoms with Crippen molar-refractivity contribution in [2.75, 3.05) is 13.9 Å². The Morgan fingerprint density at radius 2 is 2.08 bits per heavy atom. The van der Waals surface area contributed by atoms with Crippen molar-refractivity contribution in [2.45, 2.75) is 6.92 Å². The van der Waals surface area contributed by atoms with Crippen LogP contribution in [0.1, 0.15) is 15.9 Å². The van der Waals surface area contributed by atoms with Crippen molar-refractivity contribution in [3.05, 3.63) is 46.8 Å². The van der Waals surface area contributed by atoms with E-state index in [1.54, 1.807) is 12.1 Å². The molecule has 132 valence electrons. The molecule has 0 unspecified atom stereocenters. The van der Waals surface area contributed by atoms with Crippen LogP contribution in [0.25, 0.3) is 22.4 Å². The minimum Gasteiger partial charge on any atom is -0.496 e. The number of rotatable bonds is 4. The molecule has 0 atom stereocenters. The van der Waals surface area contributed by atoms with Gasteiger partial charge in [-0.15, -0.1) is 0 Å². The zero-order valence-electron chi connectivity index (χ0n) is 14.1. The van der Waals surface area contributed by atoms with Crippen LogP contribution in [0.4, 0.5) is 0 Å². The van der Waals surface area contributed by atoms with Crippen molar-refractivity contribution in [3.63, 3.8) is 0 Å². The fraction of sp³-hybridized carbons (Fsp3) is 0.158. The second-order valence-electron chi connectivity index (χ2n) is 5.82. The number of hydrogen-bond acceptors (Lipinski definition) is 6. The molecule has 0 saturated heterocycles. The van der Waals surface area contributed by atoms with Crippen molar-refractivity contribution in [1.29, 1.82) is 0 Å². The van der Waals surface area contributed by atoms with E-state index in [1.807, 2.05) is 30.5 Å². The first-order valence-electron chi connectivity index (χ1n) is 7.85. The molecule has 26 heavy (non-hydrogen) atoms. The van der Waals surface area contributed by atoms with Crippen LogP contribution in [-0.4, -0.2) is 29.4 Å². The Labute approximate surface area is 153 Å². The van der Waals surface area contributed by atoms with Crippen molar-refractivity contribution in [3.8, 4) is 39.6 Å². The number of methoxy groups -OCH3 is 1. The Bertz CT molecular complexity index is 1010. The van der Waals surface area contributed by atoms with Gasteiger partial charge in [0, 0.05) is 16.5 Å². The van der Waals surface area contributed by atoms with Gasteiger partial charge in [0.15, 0.2) is 11.5 Å². The number of carboxylic acid groups (broad SMARTS) is 1. The van der Waals surface area contributed by atoms with Gasteiger partial charge in [0.1, 0.15) is 11.3 Å². The summed E-state index contributed by atoms with van der Waals surface area (Å²) in [5.41, 5.74) is 4.38. The van der Waals surface area contributed by atoms with Crippen molar-refractivity contribution >= 4 is 17.5 Å². The third kappa shape index (κ3) is 2.66. The molecule has 0 aliphatic carbocycles. The quantitative estimate of drug-likeness (QED) is 0.742. The molecule has 1 aromatic heterocycles. The van der Waals surface area contributed by atoms with Gasteiger partial charge in [-0.25, -0.2) is 4.79 Å². The third-order valence-corrected chi connectivity index (χ3v) is 4.87. The Kier molecular flexibility index (Phi) is 4.00. The zero-order chi connectivity index (χ0) is 18.3. The maximum atomic E-state index is 11.5. The fourth-order valence-electron chi connectivity index (χ4n) is 3.01. The Balaban J connectivity index is 1.83. The van der Waals surface area contributed by atoms with E-state index < -0.39 is 5.97 Å². The third-order valence-electron chi connectivity index (χ3n) is 4.24. The summed E-state index contributed by atoms with van der Waals surface area (Å²) in [7, 11) is 1.45. The SMILES string of the molecule is COc1ccc(-c2csnc2-c2cc(C)c3c(c2)OCO3)cc1C(=O)O. The van der Waals surface area contributed by atoms with Gasteiger partial charge < -0.3 is 19.3 Å². The highest BCUT2D eigenvalue weighted by molar-refractivity contribution is 7.04. The molecule has 0 radical (unpaired) electrons. The molecule has 1 aliphatic heterocycles. The maximum absolute atomic E-state index is 11.5. The molecule has 0 spiro atoms. The molecular formula is C19H15NO5S. The summed E-state index contributed by atoms with van der Waals surface area (Å²) in [5.74, 6) is 0.736. The average Bonchev–Trinajstić information content (AvgIpc) is 3.30. The van der Waals surface area contributed by atoms with Crippen LogP contribution in [0.5, 0.6) is 17.2 Å². The molecule has 6 nitrogen and oxygen atoms in total. The minimum atomic E-state index is -1.03. The van der Waals surface area contributed by atoms with Gasteiger partial charge in [0.2, 0.25) is 6.79 Å². The van der Waals surface area contributed by atoms with E-state index in [4.69, 9.17) is 14.2 Å². The summed E-state index contributed by atoms with van der Waals surface area (Å²) in [5, 5.41) is 11.3. The minimum absolute atomic E-state index is 0.115. The largest absolute Gasteiger partial charge is 0.496 e. The average molecular weight is 369 g/mol. The van der Waals surface area contributed by atoms with E-state index in [2.05, 4.69) is 4.37 Å². The molecule has 1 aliphatic rings. The highest BCUT2D eigenvalue weighted by atomic mass is 32.1. The van der Waals surface area contributed by atoms with Crippen molar-refractivity contribution in [1.82, 2.24) is 4.37 Å². The van der Waals surface area contributed by atoms with Crippen molar-refractivity contribution < 1.29 is 24.1 Å². The first-order chi connectivity index (χ1) is 12.6. The van der Waals surface area contributed by atoms with Crippen LogP contribution in [0.15, 0.2) is 35.7 Å². The van der Waals surface area contributed by atoms with Gasteiger partial charge in [0.25, 0.3) is 0 Å². The van der Waals surface area contributed by atoms with Crippen LogP contribution in [0.2, 0.25) is 0 Å². The first-order valence-corrected chi connectivity index (χ1v) is 8.69. The van der Waals surface area contributed by atoms with Crippen LogP contribution < -0.4 is 14.2 Å². The van der Waals surface area contributed by atoms with E-state index in [-0.39, 0.29) is 12.4 Å². The summed E-state index contributed by atoms with van der Waals surface area (Å²) < 4.78 is 20.6. The number of hydrogen-bond donors (Lipinski definition) is 1. The van der Waals surface area contributed by atoms with Crippen LogP contribution in [0.3, 0.4) is 0 Å². The number of carbonyl (C=O) groups is 1. The monoisotopic (exact) mass is 369 g/mol. The van der Waals surface area contributed by atoms with Crippen LogP contribution >= 0.6 is 11.5 Å². The normalized spacial score (nSPS) is 12.2. The molecule has 0 fully saturated rings. The number of ether oxygens (including phenoxy) is 3. The Hall–Kier alpha value is -3.06. The van der Waals surface area contributed by atoms with E-state index in [9.17, 15) is 9.90 Å². The van der Waals surface area contributed by atoms with E-state index in [1.165, 1.54) is 18.6 Å². The number of aryl methyl sites for hydroxylation is 1. The molecule has 3 aromatic rings. The van der Waals surface area contributed by atoms with E-state index in [0.717, 1.165) is 33.7 Å². The number of fused-ring (bicyclic) bond motifs is 1. The number of aromatic nitrogens is 1. The summed E-state index contributed by atoms with van der Waals surface area (Å²) in [6.45, 7) is 2.17. The van der Waals surface area contributed by atoms with Gasteiger partial charge in [0.05, 0.1) is 12.8 Å². The predicted molar refractivity (Wildman–Crippen MR) is 97.4 cm³/mol. The summed E-state index contributed by atoms with van der Waals surface area (Å²) in [6.07, 6.45) is 0. The van der Waals surface area contributed by atoms with Crippen LogP contribution in [0, 0.1) is 6.92 Å². The second-order valence-corrected chi connectivity index (χ2v) is 6.45. The smallest absolute Gasteiger partial charge is 0.339 e. The molecular weight excluding hydrogens is 354 g/mol. The van der Waals surface area contributed by atoms with Crippen LogP contribution in [-0.2, 0) is 0 Å². The van der Waals surface area contributed by atoms with Crippen molar-refractivity contribution in [2.24, 2.45) is 0 Å². The molecule has 0 amide bonds. The molecule has 4 rings (SSSR count). The lowest BCUT2D eigenvalue weighted by Crippen LogP contribution is -2.00. The van der Waals surface area contributed by atoms with Gasteiger partial charge in [-0.3, -0.25) is 0 Å². The first kappa shape index (κ1) is 16.4. The zero-order valence-corrected chi connectivity index (χ0v) is 14.9. The molecule has 0 saturated carbocycles. The lowest BCUT2D eigenvalue weighted by molar-refractivity contribution is 0.0693. The lowest BCUT2D eigenvalue weighted by Gasteiger charge is -2.09. The molecule has 2 heterocycles. The van der Waals surface area contributed by atoms with Gasteiger partial charge in [-0.05, 0) is 53.8 Å². The topological polar surface area (TPSA) is 77.9 Å². The fourth-order valence-corrected chi connectivity index (χ4v) is 3.73. The number of carboxylic acids is 1. The highest BCUT2D eigenvalue weighted by Gasteiger charge is 2.21. The number of nitrogens with zero attached hydrogens (tertiary/aromatic N) is 1. The Morgan fingerprint density at radius 3 is 2.85 bits per heavy atom. The van der Waals surface area contributed by atoms with Gasteiger partial charge >= 0.3 is 5.97 Å². The number of aromatic carboxylic acids is 1. The van der Waals surface area contributed by atoms with E-state index in [0.29, 0.717) is 11.5 Å². The molecule has 0 bridgehead atoms. The van der Waals surface area contributed by atoms with Gasteiger partial charge in [-0.1, -0.05) is 6.07 Å². The predicted octanol–water partition coefficient (Wildman–Crippen LogP) is 4.22. The maximum Gasteiger partial charge on any atom is 0.339 e. The summed E-state index contributed by atoms with van der Waals surface area (Å²) in [4.78, 5) is 11.5. The molecule has 7 heteroatoms. The van der Waals surface area contributed by atoms with E-state index >= 15 is 0 Å². The number of benzene rings is 2. The van der Waals surface area contributed by atoms with Gasteiger partial charge in [-0.2, -0.15) is 4.37 Å². The molecule has 2 aromatic carbocycles.